The van der Waals surface area contributed by atoms with E-state index in [2.05, 4.69) is 20.0 Å². The number of rotatable bonds is 7. The van der Waals surface area contributed by atoms with Crippen molar-refractivity contribution in [1.29, 1.82) is 0 Å². The van der Waals surface area contributed by atoms with E-state index in [4.69, 9.17) is 0 Å². The number of aryl methyl sites for hydroxylation is 2. The zero-order valence-electron chi connectivity index (χ0n) is 15.0. The van der Waals surface area contributed by atoms with Crippen molar-refractivity contribution in [3.63, 3.8) is 0 Å². The lowest BCUT2D eigenvalue weighted by Crippen LogP contribution is -2.29. The van der Waals surface area contributed by atoms with Crippen LogP contribution in [0.15, 0.2) is 53.7 Å². The number of nitrogens with zero attached hydrogens (tertiary/aromatic N) is 3. The zero-order valence-corrected chi connectivity index (χ0v) is 15.8. The maximum Gasteiger partial charge on any atom is 0.240 e. The molecule has 27 heavy (non-hydrogen) atoms. The molecule has 0 atom stereocenters. The standard InChI is InChI=1S/C18H20FN5O2S/c1-13-11-15(19)5-6-16(13)27(25,26)21-8-7-20-17-12-18(23-14(2)22-17)24-9-3-4-10-24/h3-6,9-12,21H,7-8H2,1-2H3,(H,20,22,23). The highest BCUT2D eigenvalue weighted by atomic mass is 32.2. The number of aromatic nitrogens is 3. The molecule has 0 bridgehead atoms. The summed E-state index contributed by atoms with van der Waals surface area (Å²) in [6.07, 6.45) is 3.76. The molecule has 2 aromatic heterocycles. The van der Waals surface area contributed by atoms with Crippen LogP contribution < -0.4 is 10.0 Å². The molecule has 0 saturated heterocycles. The van der Waals surface area contributed by atoms with Crippen LogP contribution in [0, 0.1) is 19.7 Å². The Morgan fingerprint density at radius 1 is 1.07 bits per heavy atom. The number of hydrogen-bond acceptors (Lipinski definition) is 5. The van der Waals surface area contributed by atoms with E-state index in [0.717, 1.165) is 11.9 Å². The van der Waals surface area contributed by atoms with Crippen LogP contribution >= 0.6 is 0 Å². The van der Waals surface area contributed by atoms with Gasteiger partial charge in [0.25, 0.3) is 0 Å². The first kappa shape index (κ1) is 19.0. The molecule has 1 aromatic carbocycles. The Labute approximate surface area is 157 Å². The van der Waals surface area contributed by atoms with Gasteiger partial charge in [0.05, 0.1) is 4.90 Å². The van der Waals surface area contributed by atoms with Crippen LogP contribution in [0.2, 0.25) is 0 Å². The SMILES string of the molecule is Cc1nc(NCCNS(=O)(=O)c2ccc(F)cc2C)cc(-n2cccc2)n1. The molecule has 0 aliphatic heterocycles. The Bertz CT molecular complexity index is 1040. The molecule has 9 heteroatoms. The van der Waals surface area contributed by atoms with Crippen LogP contribution in [-0.4, -0.2) is 36.0 Å². The van der Waals surface area contributed by atoms with Gasteiger partial charge >= 0.3 is 0 Å². The van der Waals surface area contributed by atoms with E-state index < -0.39 is 15.8 Å². The fraction of sp³-hybridized carbons (Fsp3) is 0.222. The van der Waals surface area contributed by atoms with E-state index >= 15 is 0 Å². The average molecular weight is 389 g/mol. The Kier molecular flexibility index (Phi) is 5.52. The average Bonchev–Trinajstić information content (AvgIpc) is 3.12. The van der Waals surface area contributed by atoms with Gasteiger partial charge in [-0.1, -0.05) is 0 Å². The van der Waals surface area contributed by atoms with Crippen molar-refractivity contribution >= 4 is 15.8 Å². The van der Waals surface area contributed by atoms with Gasteiger partial charge in [-0.25, -0.2) is 27.5 Å². The first-order chi connectivity index (χ1) is 12.8. The number of sulfonamides is 1. The summed E-state index contributed by atoms with van der Waals surface area (Å²) in [5.74, 6) is 1.46. The lowest BCUT2D eigenvalue weighted by atomic mass is 10.2. The molecule has 142 valence electrons. The number of hydrogen-bond donors (Lipinski definition) is 2. The first-order valence-corrected chi connectivity index (χ1v) is 9.82. The summed E-state index contributed by atoms with van der Waals surface area (Å²) < 4.78 is 42.2. The van der Waals surface area contributed by atoms with Gasteiger partial charge < -0.3 is 9.88 Å². The van der Waals surface area contributed by atoms with Gasteiger partial charge in [0, 0.05) is 31.5 Å². The summed E-state index contributed by atoms with van der Waals surface area (Å²) in [4.78, 5) is 8.74. The summed E-state index contributed by atoms with van der Waals surface area (Å²) in [6, 6.07) is 9.17. The monoisotopic (exact) mass is 389 g/mol. The molecule has 0 spiro atoms. The Hall–Kier alpha value is -2.78. The fourth-order valence-electron chi connectivity index (χ4n) is 2.63. The molecule has 0 aliphatic rings. The summed E-state index contributed by atoms with van der Waals surface area (Å²) in [5, 5.41) is 3.08. The molecule has 3 aromatic rings. The van der Waals surface area contributed by atoms with Crippen molar-refractivity contribution < 1.29 is 12.8 Å². The van der Waals surface area contributed by atoms with E-state index in [1.807, 2.05) is 29.1 Å². The second-order valence-electron chi connectivity index (χ2n) is 5.98. The lowest BCUT2D eigenvalue weighted by Gasteiger charge is -2.11. The smallest absolute Gasteiger partial charge is 0.240 e. The van der Waals surface area contributed by atoms with Crippen LogP contribution in [0.25, 0.3) is 5.82 Å². The number of halogens is 1. The number of anilines is 1. The number of nitrogens with one attached hydrogen (secondary N) is 2. The summed E-state index contributed by atoms with van der Waals surface area (Å²) >= 11 is 0. The van der Waals surface area contributed by atoms with Crippen molar-refractivity contribution in [1.82, 2.24) is 19.3 Å². The van der Waals surface area contributed by atoms with Crippen LogP contribution in [0.4, 0.5) is 10.2 Å². The minimum Gasteiger partial charge on any atom is -0.369 e. The second kappa shape index (κ2) is 7.85. The predicted molar refractivity (Wildman–Crippen MR) is 101 cm³/mol. The van der Waals surface area contributed by atoms with Crippen LogP contribution in [-0.2, 0) is 10.0 Å². The molecule has 0 saturated carbocycles. The van der Waals surface area contributed by atoms with E-state index in [0.29, 0.717) is 23.8 Å². The molecule has 0 amide bonds. The highest BCUT2D eigenvalue weighted by Crippen LogP contribution is 2.16. The Morgan fingerprint density at radius 3 is 2.52 bits per heavy atom. The van der Waals surface area contributed by atoms with E-state index in [9.17, 15) is 12.8 Å². The minimum absolute atomic E-state index is 0.0664. The molecule has 0 radical (unpaired) electrons. The van der Waals surface area contributed by atoms with Gasteiger partial charge in [0.2, 0.25) is 10.0 Å². The van der Waals surface area contributed by atoms with Crippen LogP contribution in [0.3, 0.4) is 0 Å². The normalized spacial score (nSPS) is 11.5. The van der Waals surface area contributed by atoms with Gasteiger partial charge in [0.1, 0.15) is 23.3 Å². The van der Waals surface area contributed by atoms with Crippen LogP contribution in [0.1, 0.15) is 11.4 Å². The quantitative estimate of drug-likeness (QED) is 0.606. The van der Waals surface area contributed by atoms with Gasteiger partial charge in [-0.2, -0.15) is 0 Å². The van der Waals surface area contributed by atoms with Crippen molar-refractivity contribution in [2.45, 2.75) is 18.7 Å². The molecule has 3 rings (SSSR count). The Morgan fingerprint density at radius 2 is 1.81 bits per heavy atom. The summed E-state index contributed by atoms with van der Waals surface area (Å²) in [7, 11) is -3.71. The van der Waals surface area contributed by atoms with Gasteiger partial charge in [-0.05, 0) is 49.7 Å². The molecule has 2 heterocycles. The zero-order chi connectivity index (χ0) is 19.4. The van der Waals surface area contributed by atoms with Crippen molar-refractivity contribution in [2.24, 2.45) is 0 Å². The van der Waals surface area contributed by atoms with Crippen molar-refractivity contribution in [3.8, 4) is 5.82 Å². The van der Waals surface area contributed by atoms with Crippen molar-refractivity contribution in [3.05, 3.63) is 66.0 Å². The number of benzene rings is 1. The van der Waals surface area contributed by atoms with Gasteiger partial charge in [-0.3, -0.25) is 0 Å². The second-order valence-corrected chi connectivity index (χ2v) is 7.72. The topological polar surface area (TPSA) is 88.9 Å². The molecule has 0 aliphatic carbocycles. The van der Waals surface area contributed by atoms with E-state index in [1.165, 1.54) is 12.1 Å². The molecule has 7 nitrogen and oxygen atoms in total. The predicted octanol–water partition coefficient (Wildman–Crippen LogP) is 2.41. The molecule has 2 N–H and O–H groups in total. The lowest BCUT2D eigenvalue weighted by molar-refractivity contribution is 0.581. The molecule has 0 fully saturated rings. The maximum atomic E-state index is 13.2. The van der Waals surface area contributed by atoms with Crippen molar-refractivity contribution in [2.75, 3.05) is 18.4 Å². The first-order valence-electron chi connectivity index (χ1n) is 8.34. The molecular formula is C18H20FN5O2S. The fourth-order valence-corrected chi connectivity index (χ4v) is 3.89. The maximum absolute atomic E-state index is 13.2. The van der Waals surface area contributed by atoms with E-state index in [1.54, 1.807) is 19.9 Å². The molecular weight excluding hydrogens is 369 g/mol. The minimum atomic E-state index is -3.71. The molecule has 0 unspecified atom stereocenters. The highest BCUT2D eigenvalue weighted by Gasteiger charge is 2.16. The third-order valence-electron chi connectivity index (χ3n) is 3.84. The van der Waals surface area contributed by atoms with Crippen LogP contribution in [0.5, 0.6) is 0 Å². The highest BCUT2D eigenvalue weighted by molar-refractivity contribution is 7.89. The summed E-state index contributed by atoms with van der Waals surface area (Å²) in [6.45, 7) is 3.84. The third-order valence-corrected chi connectivity index (χ3v) is 5.46. The van der Waals surface area contributed by atoms with Gasteiger partial charge in [0.15, 0.2) is 0 Å². The van der Waals surface area contributed by atoms with Gasteiger partial charge in [-0.15, -0.1) is 0 Å². The summed E-state index contributed by atoms with van der Waals surface area (Å²) in [5.41, 5.74) is 0.359. The third kappa shape index (κ3) is 4.69. The largest absolute Gasteiger partial charge is 0.369 e. The Balaban J connectivity index is 1.62. The van der Waals surface area contributed by atoms with E-state index in [-0.39, 0.29) is 11.4 Å².